The van der Waals surface area contributed by atoms with Gasteiger partial charge in [0.1, 0.15) is 12.4 Å². The van der Waals surface area contributed by atoms with Gasteiger partial charge in [-0.3, -0.25) is 9.36 Å². The zero-order valence-electron chi connectivity index (χ0n) is 18.7. The van der Waals surface area contributed by atoms with Crippen LogP contribution in [0.2, 0.25) is 0 Å². The molecule has 0 unspecified atom stereocenters. The topological polar surface area (TPSA) is 69.0 Å². The average molecular weight is 459 g/mol. The van der Waals surface area contributed by atoms with Gasteiger partial charge in [0, 0.05) is 12.2 Å². The van der Waals surface area contributed by atoms with E-state index in [-0.39, 0.29) is 18.3 Å². The Morgan fingerprint density at radius 1 is 1.09 bits per heavy atom. The maximum Gasteiger partial charge on any atom is 0.234 e. The molecule has 0 atom stereocenters. The molecule has 3 aromatic carbocycles. The Morgan fingerprint density at radius 2 is 1.91 bits per heavy atom. The van der Waals surface area contributed by atoms with Gasteiger partial charge in [0.15, 0.2) is 11.0 Å². The van der Waals surface area contributed by atoms with Crippen molar-refractivity contribution in [2.75, 3.05) is 11.1 Å². The summed E-state index contributed by atoms with van der Waals surface area (Å²) in [4.78, 5) is 12.5. The minimum atomic E-state index is -0.100. The number of aryl methyl sites for hydroxylation is 1. The molecular formula is C26H26N4O2S. The molecule has 0 saturated carbocycles. The van der Waals surface area contributed by atoms with Gasteiger partial charge in [-0.05, 0) is 53.9 Å². The van der Waals surface area contributed by atoms with Gasteiger partial charge in [-0.2, -0.15) is 0 Å². The SMILES string of the molecule is C=CCn1c(COc2cccc(C)c2C)nnc1SCC(=O)Nc1ccc2ccccc2c1. The van der Waals surface area contributed by atoms with E-state index in [9.17, 15) is 4.79 Å². The summed E-state index contributed by atoms with van der Waals surface area (Å²) < 4.78 is 7.92. The summed E-state index contributed by atoms with van der Waals surface area (Å²) in [5, 5.41) is 14.4. The lowest BCUT2D eigenvalue weighted by Crippen LogP contribution is -2.15. The van der Waals surface area contributed by atoms with Crippen molar-refractivity contribution in [3.63, 3.8) is 0 Å². The maximum atomic E-state index is 12.5. The van der Waals surface area contributed by atoms with Crippen LogP contribution in [0.4, 0.5) is 5.69 Å². The van der Waals surface area contributed by atoms with Crippen LogP contribution in [-0.4, -0.2) is 26.4 Å². The lowest BCUT2D eigenvalue weighted by Gasteiger charge is -2.12. The Hall–Kier alpha value is -3.58. The number of aromatic nitrogens is 3. The zero-order valence-corrected chi connectivity index (χ0v) is 19.6. The van der Waals surface area contributed by atoms with E-state index in [1.807, 2.05) is 66.1 Å². The molecule has 0 radical (unpaired) electrons. The second-order valence-electron chi connectivity index (χ2n) is 7.68. The third kappa shape index (κ3) is 5.43. The molecular weight excluding hydrogens is 432 g/mol. The quantitative estimate of drug-likeness (QED) is 0.263. The molecule has 4 aromatic rings. The average Bonchev–Trinajstić information content (AvgIpc) is 3.20. The number of fused-ring (bicyclic) bond motifs is 1. The Morgan fingerprint density at radius 3 is 2.73 bits per heavy atom. The van der Waals surface area contributed by atoms with Gasteiger partial charge in [-0.1, -0.05) is 60.3 Å². The van der Waals surface area contributed by atoms with Crippen molar-refractivity contribution in [2.45, 2.75) is 32.2 Å². The highest BCUT2D eigenvalue weighted by Crippen LogP contribution is 2.24. The number of carbonyl (C=O) groups excluding carboxylic acids is 1. The van der Waals surface area contributed by atoms with E-state index < -0.39 is 0 Å². The number of hydrogen-bond acceptors (Lipinski definition) is 5. The van der Waals surface area contributed by atoms with Crippen LogP contribution in [0.5, 0.6) is 5.75 Å². The highest BCUT2D eigenvalue weighted by atomic mass is 32.2. The molecule has 0 saturated heterocycles. The lowest BCUT2D eigenvalue weighted by molar-refractivity contribution is -0.113. The van der Waals surface area contributed by atoms with E-state index in [0.717, 1.165) is 27.8 Å². The van der Waals surface area contributed by atoms with Gasteiger partial charge in [-0.25, -0.2) is 0 Å². The number of allylic oxidation sites excluding steroid dienone is 1. The molecule has 1 amide bonds. The predicted molar refractivity (Wildman–Crippen MR) is 134 cm³/mol. The van der Waals surface area contributed by atoms with Crippen molar-refractivity contribution in [1.29, 1.82) is 0 Å². The standard InChI is InChI=1S/C26H26N4O2S/c1-4-14-30-24(16-32-23-11-7-8-18(2)19(23)3)28-29-26(30)33-17-25(31)27-22-13-12-20-9-5-6-10-21(20)15-22/h4-13,15H,1,14,16-17H2,2-3H3,(H,27,31). The molecule has 1 N–H and O–H groups in total. The molecule has 1 aromatic heterocycles. The van der Waals surface area contributed by atoms with E-state index in [0.29, 0.717) is 17.5 Å². The van der Waals surface area contributed by atoms with Gasteiger partial charge in [0.05, 0.1) is 5.75 Å². The van der Waals surface area contributed by atoms with Gasteiger partial charge >= 0.3 is 0 Å². The molecule has 4 rings (SSSR count). The van der Waals surface area contributed by atoms with Crippen LogP contribution >= 0.6 is 11.8 Å². The number of carbonyl (C=O) groups is 1. The first kappa shape index (κ1) is 22.6. The summed E-state index contributed by atoms with van der Waals surface area (Å²) >= 11 is 1.34. The minimum absolute atomic E-state index is 0.100. The largest absolute Gasteiger partial charge is 0.485 e. The number of nitrogens with zero attached hydrogens (tertiary/aromatic N) is 3. The third-order valence-electron chi connectivity index (χ3n) is 5.38. The van der Waals surface area contributed by atoms with Gasteiger partial charge in [0.25, 0.3) is 0 Å². The van der Waals surface area contributed by atoms with Gasteiger partial charge in [-0.15, -0.1) is 16.8 Å². The molecule has 0 aliphatic heterocycles. The summed E-state index contributed by atoms with van der Waals surface area (Å²) in [6.45, 7) is 8.75. The fourth-order valence-corrected chi connectivity index (χ4v) is 4.23. The Balaban J connectivity index is 1.39. The van der Waals surface area contributed by atoms with Crippen molar-refractivity contribution >= 4 is 34.1 Å². The summed E-state index contributed by atoms with van der Waals surface area (Å²) in [6, 6.07) is 19.9. The van der Waals surface area contributed by atoms with Crippen LogP contribution in [0, 0.1) is 13.8 Å². The monoisotopic (exact) mass is 458 g/mol. The van der Waals surface area contributed by atoms with E-state index >= 15 is 0 Å². The first-order valence-corrected chi connectivity index (χ1v) is 11.7. The van der Waals surface area contributed by atoms with E-state index in [1.165, 1.54) is 17.3 Å². The number of rotatable bonds is 9. The fraction of sp³-hybridized carbons (Fsp3) is 0.192. The fourth-order valence-electron chi connectivity index (χ4n) is 3.46. The summed E-state index contributed by atoms with van der Waals surface area (Å²) in [5.41, 5.74) is 3.05. The lowest BCUT2D eigenvalue weighted by atomic mass is 10.1. The van der Waals surface area contributed by atoms with Crippen molar-refractivity contribution in [2.24, 2.45) is 0 Å². The minimum Gasteiger partial charge on any atom is -0.485 e. The molecule has 0 aliphatic carbocycles. The van der Waals surface area contributed by atoms with Crippen molar-refractivity contribution < 1.29 is 9.53 Å². The summed E-state index contributed by atoms with van der Waals surface area (Å²) in [6.07, 6.45) is 1.78. The second kappa shape index (κ2) is 10.4. The van der Waals surface area contributed by atoms with Crippen LogP contribution < -0.4 is 10.1 Å². The molecule has 33 heavy (non-hydrogen) atoms. The maximum absolute atomic E-state index is 12.5. The molecule has 0 aliphatic rings. The van der Waals surface area contributed by atoms with Crippen LogP contribution in [-0.2, 0) is 17.9 Å². The van der Waals surface area contributed by atoms with Crippen LogP contribution in [0.3, 0.4) is 0 Å². The number of ether oxygens (including phenoxy) is 1. The van der Waals surface area contributed by atoms with E-state index in [4.69, 9.17) is 4.74 Å². The van der Waals surface area contributed by atoms with Crippen molar-refractivity contribution in [3.8, 4) is 5.75 Å². The van der Waals surface area contributed by atoms with Gasteiger partial charge in [0.2, 0.25) is 5.91 Å². The van der Waals surface area contributed by atoms with Crippen molar-refractivity contribution in [3.05, 3.63) is 90.3 Å². The third-order valence-corrected chi connectivity index (χ3v) is 6.35. The first-order chi connectivity index (χ1) is 16.0. The Bertz CT molecular complexity index is 1300. The Kier molecular flexibility index (Phi) is 7.10. The van der Waals surface area contributed by atoms with Crippen LogP contribution in [0.15, 0.2) is 78.5 Å². The number of anilines is 1. The number of nitrogens with one attached hydrogen (secondary N) is 1. The second-order valence-corrected chi connectivity index (χ2v) is 8.63. The normalized spacial score (nSPS) is 10.8. The Labute approximate surface area is 197 Å². The van der Waals surface area contributed by atoms with Crippen LogP contribution in [0.1, 0.15) is 17.0 Å². The highest BCUT2D eigenvalue weighted by molar-refractivity contribution is 7.99. The zero-order chi connectivity index (χ0) is 23.2. The molecule has 168 valence electrons. The summed E-state index contributed by atoms with van der Waals surface area (Å²) in [5.74, 6) is 1.64. The smallest absolute Gasteiger partial charge is 0.234 e. The van der Waals surface area contributed by atoms with Crippen LogP contribution in [0.25, 0.3) is 10.8 Å². The number of amides is 1. The predicted octanol–water partition coefficient (Wildman–Crippen LogP) is 5.54. The molecule has 0 fully saturated rings. The number of thioether (sulfide) groups is 1. The molecule has 1 heterocycles. The first-order valence-electron chi connectivity index (χ1n) is 10.7. The van der Waals surface area contributed by atoms with E-state index in [1.54, 1.807) is 6.08 Å². The number of benzene rings is 3. The molecule has 7 heteroatoms. The van der Waals surface area contributed by atoms with Crippen molar-refractivity contribution in [1.82, 2.24) is 14.8 Å². The molecule has 6 nitrogen and oxygen atoms in total. The molecule has 0 spiro atoms. The highest BCUT2D eigenvalue weighted by Gasteiger charge is 2.15. The van der Waals surface area contributed by atoms with Gasteiger partial charge < -0.3 is 10.1 Å². The summed E-state index contributed by atoms with van der Waals surface area (Å²) in [7, 11) is 0. The molecule has 0 bridgehead atoms. The number of hydrogen-bond donors (Lipinski definition) is 1. The van der Waals surface area contributed by atoms with E-state index in [2.05, 4.69) is 35.1 Å².